The van der Waals surface area contributed by atoms with Crippen molar-refractivity contribution in [2.24, 2.45) is 5.41 Å². The van der Waals surface area contributed by atoms with E-state index in [0.717, 1.165) is 19.4 Å². The minimum Gasteiger partial charge on any atom is -0.490 e. The van der Waals surface area contributed by atoms with E-state index >= 15 is 0 Å². The maximum Gasteiger partial charge on any atom is 0.134 e. The van der Waals surface area contributed by atoms with Gasteiger partial charge in [-0.1, -0.05) is 19.9 Å². The lowest BCUT2D eigenvalue weighted by molar-refractivity contribution is -0.0692. The van der Waals surface area contributed by atoms with Gasteiger partial charge >= 0.3 is 0 Å². The highest BCUT2D eigenvalue weighted by Crippen LogP contribution is 2.37. The molecular weight excluding hydrogens is 321 g/mol. The van der Waals surface area contributed by atoms with Gasteiger partial charge in [0.1, 0.15) is 23.8 Å². The van der Waals surface area contributed by atoms with Gasteiger partial charge in [0.2, 0.25) is 0 Å². The summed E-state index contributed by atoms with van der Waals surface area (Å²) in [4.78, 5) is 2.36. The van der Waals surface area contributed by atoms with E-state index in [4.69, 9.17) is 9.47 Å². The fourth-order valence-electron chi connectivity index (χ4n) is 3.87. The zero-order chi connectivity index (χ0) is 17.9. The van der Waals surface area contributed by atoms with Gasteiger partial charge in [-0.15, -0.1) is 0 Å². The number of hydrogen-bond acceptors (Lipinski definition) is 4. The Bertz CT molecular complexity index is 570. The maximum absolute atomic E-state index is 13.3. The molecule has 1 aliphatic heterocycles. The average molecular weight is 351 g/mol. The monoisotopic (exact) mass is 351 g/mol. The Balaban J connectivity index is 1.60. The number of benzene rings is 1. The van der Waals surface area contributed by atoms with E-state index in [1.54, 1.807) is 12.1 Å². The first-order chi connectivity index (χ1) is 11.9. The first-order valence-electron chi connectivity index (χ1n) is 9.28. The predicted molar refractivity (Wildman–Crippen MR) is 95.3 cm³/mol. The Labute approximate surface area is 149 Å². The molecule has 0 spiro atoms. The summed E-state index contributed by atoms with van der Waals surface area (Å²) in [6.07, 6.45) is 4.75. The molecule has 1 heterocycles. The molecule has 140 valence electrons. The number of β-amino-alcohol motifs (C(OH)–C–C–N with tert-alkyl or cyclic N) is 1. The van der Waals surface area contributed by atoms with E-state index in [1.807, 2.05) is 0 Å². The van der Waals surface area contributed by atoms with Crippen molar-refractivity contribution < 1.29 is 19.0 Å². The number of aliphatic hydroxyl groups is 1. The number of ether oxygens (including phenoxy) is 2. The van der Waals surface area contributed by atoms with E-state index in [1.165, 1.54) is 25.0 Å². The zero-order valence-corrected chi connectivity index (χ0v) is 15.3. The third kappa shape index (κ3) is 5.16. The molecule has 1 saturated heterocycles. The Morgan fingerprint density at radius 2 is 2.08 bits per heavy atom. The molecule has 0 amide bonds. The van der Waals surface area contributed by atoms with E-state index in [-0.39, 0.29) is 19.0 Å². The van der Waals surface area contributed by atoms with Crippen LogP contribution in [-0.2, 0) is 4.74 Å². The van der Waals surface area contributed by atoms with Gasteiger partial charge in [0, 0.05) is 25.2 Å². The first kappa shape index (κ1) is 18.6. The lowest BCUT2D eigenvalue weighted by Gasteiger charge is -2.41. The van der Waals surface area contributed by atoms with E-state index in [2.05, 4.69) is 18.7 Å². The maximum atomic E-state index is 13.3. The normalized spacial score (nSPS) is 28.5. The quantitative estimate of drug-likeness (QED) is 0.904. The van der Waals surface area contributed by atoms with Gasteiger partial charge in [0.15, 0.2) is 0 Å². The highest BCUT2D eigenvalue weighted by molar-refractivity contribution is 5.22. The van der Waals surface area contributed by atoms with Crippen molar-refractivity contribution in [2.45, 2.75) is 51.2 Å². The summed E-state index contributed by atoms with van der Waals surface area (Å²) in [5, 5.41) is 11.0. The van der Waals surface area contributed by atoms with Crippen molar-refractivity contribution in [3.05, 3.63) is 30.1 Å². The molecule has 1 saturated carbocycles. The van der Waals surface area contributed by atoms with Crippen molar-refractivity contribution >= 4 is 0 Å². The molecule has 1 aromatic carbocycles. The first-order valence-corrected chi connectivity index (χ1v) is 9.28. The van der Waals surface area contributed by atoms with Crippen LogP contribution in [0.1, 0.15) is 39.5 Å². The Kier molecular flexibility index (Phi) is 5.66. The van der Waals surface area contributed by atoms with Crippen LogP contribution in [0.5, 0.6) is 5.75 Å². The third-order valence-electron chi connectivity index (χ3n) is 5.52. The number of nitrogens with zero attached hydrogens (tertiary/aromatic N) is 1. The second-order valence-corrected chi connectivity index (χ2v) is 8.39. The van der Waals surface area contributed by atoms with Crippen molar-refractivity contribution in [2.75, 3.05) is 32.9 Å². The second kappa shape index (κ2) is 7.60. The lowest BCUT2D eigenvalue weighted by atomic mass is 9.75. The van der Waals surface area contributed by atoms with E-state index in [0.29, 0.717) is 30.4 Å². The van der Waals surface area contributed by atoms with E-state index < -0.39 is 5.60 Å². The van der Waals surface area contributed by atoms with Crippen molar-refractivity contribution in [3.8, 4) is 5.75 Å². The molecule has 1 N–H and O–H groups in total. The zero-order valence-electron chi connectivity index (χ0n) is 15.3. The summed E-state index contributed by atoms with van der Waals surface area (Å²) in [5.41, 5.74) is -0.647. The van der Waals surface area contributed by atoms with Gasteiger partial charge < -0.3 is 14.6 Å². The van der Waals surface area contributed by atoms with Gasteiger partial charge in [-0.2, -0.15) is 0 Å². The van der Waals surface area contributed by atoms with Gasteiger partial charge in [0.05, 0.1) is 13.2 Å². The highest BCUT2D eigenvalue weighted by atomic mass is 19.1. The van der Waals surface area contributed by atoms with Gasteiger partial charge in [-0.25, -0.2) is 4.39 Å². The Morgan fingerprint density at radius 3 is 2.80 bits per heavy atom. The topological polar surface area (TPSA) is 41.9 Å². The average Bonchev–Trinajstić information content (AvgIpc) is 2.76. The molecule has 4 nitrogen and oxygen atoms in total. The van der Waals surface area contributed by atoms with Gasteiger partial charge in [-0.3, -0.25) is 4.90 Å². The van der Waals surface area contributed by atoms with Crippen molar-refractivity contribution in [1.29, 1.82) is 0 Å². The van der Waals surface area contributed by atoms with Crippen LogP contribution in [0.25, 0.3) is 0 Å². The molecule has 1 aliphatic carbocycles. The lowest BCUT2D eigenvalue weighted by Crippen LogP contribution is -2.52. The molecule has 5 heteroatoms. The molecular formula is C20H30FNO3. The molecule has 25 heavy (non-hydrogen) atoms. The molecule has 0 aromatic heterocycles. The molecule has 0 unspecified atom stereocenters. The van der Waals surface area contributed by atoms with Crippen LogP contribution in [0, 0.1) is 11.2 Å². The van der Waals surface area contributed by atoms with Crippen LogP contribution in [0.15, 0.2) is 24.3 Å². The van der Waals surface area contributed by atoms with Crippen LogP contribution in [-0.4, -0.2) is 54.6 Å². The van der Waals surface area contributed by atoms with E-state index in [9.17, 15) is 9.50 Å². The number of hydrogen-bond donors (Lipinski definition) is 1. The summed E-state index contributed by atoms with van der Waals surface area (Å²) in [6.45, 7) is 7.01. The molecule has 0 bridgehead atoms. The van der Waals surface area contributed by atoms with Gasteiger partial charge in [-0.05, 0) is 43.2 Å². The van der Waals surface area contributed by atoms with Gasteiger partial charge in [0.25, 0.3) is 0 Å². The molecule has 3 rings (SSSR count). The van der Waals surface area contributed by atoms with Crippen LogP contribution in [0.3, 0.4) is 0 Å². The van der Waals surface area contributed by atoms with Crippen LogP contribution >= 0.6 is 0 Å². The Hall–Kier alpha value is -1.17. The smallest absolute Gasteiger partial charge is 0.134 e. The van der Waals surface area contributed by atoms with Crippen molar-refractivity contribution in [1.82, 2.24) is 4.90 Å². The SMILES string of the molecule is CC1(C)CCC(N2CCOC[C@](O)(COc3cccc(F)c3)C2)CC1. The fraction of sp³-hybridized carbons (Fsp3) is 0.700. The van der Waals surface area contributed by atoms with Crippen LogP contribution in [0.2, 0.25) is 0 Å². The number of rotatable bonds is 4. The molecule has 1 aromatic rings. The molecule has 2 aliphatic rings. The predicted octanol–water partition coefficient (Wildman–Crippen LogP) is 3.24. The number of halogens is 1. The summed E-state index contributed by atoms with van der Waals surface area (Å²) in [5.74, 6) is 0.0942. The largest absolute Gasteiger partial charge is 0.490 e. The molecule has 1 atom stereocenters. The summed E-state index contributed by atoms with van der Waals surface area (Å²) in [6, 6.07) is 6.51. The fourth-order valence-corrected chi connectivity index (χ4v) is 3.87. The summed E-state index contributed by atoms with van der Waals surface area (Å²) < 4.78 is 24.6. The standard InChI is InChI=1S/C20H30FNO3/c1-19(2)8-6-17(7-9-19)22-10-11-24-14-20(23,13-22)15-25-18-5-3-4-16(21)12-18/h3-5,12,17,23H,6-11,13-15H2,1-2H3/t20-/m0/s1. The third-order valence-corrected chi connectivity index (χ3v) is 5.52. The van der Waals surface area contributed by atoms with Crippen molar-refractivity contribution in [3.63, 3.8) is 0 Å². The molecule has 2 fully saturated rings. The molecule has 0 radical (unpaired) electrons. The summed E-state index contributed by atoms with van der Waals surface area (Å²) >= 11 is 0. The highest BCUT2D eigenvalue weighted by Gasteiger charge is 2.38. The second-order valence-electron chi connectivity index (χ2n) is 8.39. The Morgan fingerprint density at radius 1 is 1.32 bits per heavy atom. The van der Waals surface area contributed by atoms with Crippen LogP contribution in [0.4, 0.5) is 4.39 Å². The summed E-state index contributed by atoms with van der Waals surface area (Å²) in [7, 11) is 0. The van der Waals surface area contributed by atoms with Crippen LogP contribution < -0.4 is 4.74 Å². The minimum absolute atomic E-state index is 0.102. The minimum atomic E-state index is -1.07.